The monoisotopic (exact) mass is 244 g/mol. The molecule has 0 amide bonds. The van der Waals surface area contributed by atoms with E-state index in [1.54, 1.807) is 0 Å². The van der Waals surface area contributed by atoms with Gasteiger partial charge in [-0.1, -0.05) is 31.5 Å². The van der Waals surface area contributed by atoms with Gasteiger partial charge >= 0.3 is 0 Å². The molecule has 3 aliphatic rings. The second-order valence-electron chi connectivity index (χ2n) is 6.72. The number of piperidine rings is 1. The molecular formula is C16H24N2. The van der Waals surface area contributed by atoms with E-state index in [0.29, 0.717) is 11.5 Å². The van der Waals surface area contributed by atoms with Crippen molar-refractivity contribution >= 4 is 5.69 Å². The van der Waals surface area contributed by atoms with Gasteiger partial charge in [-0.05, 0) is 43.4 Å². The number of nitrogens with one attached hydrogen (secondary N) is 1. The first-order chi connectivity index (χ1) is 8.56. The van der Waals surface area contributed by atoms with Gasteiger partial charge in [0.1, 0.15) is 0 Å². The highest BCUT2D eigenvalue weighted by Gasteiger charge is 2.43. The summed E-state index contributed by atoms with van der Waals surface area (Å²) in [5.74, 6) is 0.792. The van der Waals surface area contributed by atoms with Crippen molar-refractivity contribution in [2.45, 2.75) is 33.2 Å². The minimum atomic E-state index is 0.414. The van der Waals surface area contributed by atoms with Crippen molar-refractivity contribution in [2.75, 3.05) is 24.5 Å². The minimum absolute atomic E-state index is 0.414. The van der Waals surface area contributed by atoms with Crippen LogP contribution in [0.5, 0.6) is 0 Å². The van der Waals surface area contributed by atoms with E-state index < -0.39 is 0 Å². The predicted molar refractivity (Wildman–Crippen MR) is 77.1 cm³/mol. The van der Waals surface area contributed by atoms with E-state index in [2.05, 4.69) is 55.3 Å². The number of hydrogen-bond acceptors (Lipinski definition) is 2. The fourth-order valence-corrected chi connectivity index (χ4v) is 3.74. The topological polar surface area (TPSA) is 15.3 Å². The third-order valence-corrected chi connectivity index (χ3v) is 4.68. The number of hydrogen-bond donors (Lipinski definition) is 1. The second kappa shape index (κ2) is 4.27. The van der Waals surface area contributed by atoms with Gasteiger partial charge in [0.2, 0.25) is 0 Å². The van der Waals surface area contributed by atoms with E-state index in [-0.39, 0.29) is 0 Å². The van der Waals surface area contributed by atoms with E-state index in [4.69, 9.17) is 0 Å². The summed E-state index contributed by atoms with van der Waals surface area (Å²) in [5.41, 5.74) is 3.15. The van der Waals surface area contributed by atoms with E-state index in [9.17, 15) is 0 Å². The normalized spacial score (nSPS) is 30.3. The van der Waals surface area contributed by atoms with Crippen LogP contribution in [0.25, 0.3) is 0 Å². The highest BCUT2D eigenvalue weighted by atomic mass is 15.2. The van der Waals surface area contributed by atoms with Gasteiger partial charge in [0.15, 0.2) is 0 Å². The van der Waals surface area contributed by atoms with Crippen LogP contribution in [0.2, 0.25) is 0 Å². The average molecular weight is 244 g/mol. The van der Waals surface area contributed by atoms with Crippen molar-refractivity contribution in [3.8, 4) is 0 Å². The molecule has 0 spiro atoms. The van der Waals surface area contributed by atoms with Crippen molar-refractivity contribution in [1.29, 1.82) is 0 Å². The van der Waals surface area contributed by atoms with Crippen LogP contribution in [0.1, 0.15) is 25.8 Å². The highest BCUT2D eigenvalue weighted by molar-refractivity contribution is 5.50. The Hall–Kier alpha value is -1.02. The molecular weight excluding hydrogens is 220 g/mol. The summed E-state index contributed by atoms with van der Waals surface area (Å²) >= 11 is 0. The fourth-order valence-electron chi connectivity index (χ4n) is 3.74. The summed E-state index contributed by atoms with van der Waals surface area (Å²) in [6.45, 7) is 10.5. The number of aryl methyl sites for hydroxylation is 1. The van der Waals surface area contributed by atoms with Crippen LogP contribution in [0.3, 0.4) is 0 Å². The molecule has 18 heavy (non-hydrogen) atoms. The van der Waals surface area contributed by atoms with Gasteiger partial charge in [0.25, 0.3) is 0 Å². The number of benzene rings is 1. The predicted octanol–water partition coefficient (Wildman–Crippen LogP) is 2.82. The van der Waals surface area contributed by atoms with Crippen LogP contribution in [0.4, 0.5) is 5.69 Å². The second-order valence-corrected chi connectivity index (χ2v) is 6.72. The quantitative estimate of drug-likeness (QED) is 0.817. The zero-order valence-corrected chi connectivity index (χ0v) is 11.7. The van der Waals surface area contributed by atoms with Crippen LogP contribution in [-0.2, 0) is 0 Å². The molecule has 0 radical (unpaired) electrons. The Morgan fingerprint density at radius 1 is 1.17 bits per heavy atom. The average Bonchev–Trinajstić information content (AvgIpc) is 2.59. The summed E-state index contributed by atoms with van der Waals surface area (Å²) in [6.07, 6.45) is 1.35. The molecule has 2 atom stereocenters. The standard InChI is InChI=1S/C16H24N2/c1-12-4-6-14(7-5-12)18-11-13-8-16(2,3)15(18)10-17-9-13/h4-7,13,15,17H,8-11H2,1-3H3/t13-,15-/m1/s1. The SMILES string of the molecule is Cc1ccc(N2C[C@H]3CNC[C@@H]2C(C)(C)C3)cc1. The summed E-state index contributed by atoms with van der Waals surface area (Å²) in [4.78, 5) is 2.63. The van der Waals surface area contributed by atoms with Crippen molar-refractivity contribution in [3.05, 3.63) is 29.8 Å². The Bertz CT molecular complexity index is 421. The van der Waals surface area contributed by atoms with E-state index in [0.717, 1.165) is 12.5 Å². The van der Waals surface area contributed by atoms with Crippen molar-refractivity contribution in [3.63, 3.8) is 0 Å². The number of fused-ring (bicyclic) bond motifs is 4. The molecule has 0 aliphatic carbocycles. The Labute approximate surface area is 110 Å². The first-order valence-electron chi connectivity index (χ1n) is 7.10. The molecule has 3 saturated heterocycles. The highest BCUT2D eigenvalue weighted by Crippen LogP contribution is 2.41. The molecule has 0 unspecified atom stereocenters. The number of anilines is 1. The first kappa shape index (κ1) is 12.0. The Morgan fingerprint density at radius 2 is 1.89 bits per heavy atom. The maximum atomic E-state index is 3.63. The molecule has 3 aliphatic heterocycles. The van der Waals surface area contributed by atoms with E-state index in [1.807, 2.05) is 0 Å². The third kappa shape index (κ3) is 2.03. The van der Waals surface area contributed by atoms with E-state index >= 15 is 0 Å². The van der Waals surface area contributed by atoms with Crippen molar-refractivity contribution < 1.29 is 0 Å². The molecule has 2 heteroatoms. The maximum absolute atomic E-state index is 3.63. The molecule has 0 saturated carbocycles. The molecule has 1 aromatic rings. The summed E-state index contributed by atoms with van der Waals surface area (Å²) in [7, 11) is 0. The van der Waals surface area contributed by atoms with Crippen LogP contribution >= 0.6 is 0 Å². The van der Waals surface area contributed by atoms with Gasteiger partial charge in [-0.2, -0.15) is 0 Å². The summed E-state index contributed by atoms with van der Waals surface area (Å²) in [6, 6.07) is 9.65. The largest absolute Gasteiger partial charge is 0.366 e. The van der Waals surface area contributed by atoms with Crippen molar-refractivity contribution in [2.24, 2.45) is 11.3 Å². The molecule has 2 bridgehead atoms. The van der Waals surface area contributed by atoms with Crippen LogP contribution in [0, 0.1) is 18.3 Å². The molecule has 3 fully saturated rings. The lowest BCUT2D eigenvalue weighted by atomic mass is 9.73. The lowest BCUT2D eigenvalue weighted by Crippen LogP contribution is -2.53. The van der Waals surface area contributed by atoms with Gasteiger partial charge < -0.3 is 10.2 Å². The third-order valence-electron chi connectivity index (χ3n) is 4.68. The smallest absolute Gasteiger partial charge is 0.0465 e. The van der Waals surface area contributed by atoms with Gasteiger partial charge in [-0.25, -0.2) is 0 Å². The van der Waals surface area contributed by atoms with Gasteiger partial charge in [0.05, 0.1) is 0 Å². The Balaban J connectivity index is 1.94. The molecule has 1 N–H and O–H groups in total. The molecule has 1 aromatic carbocycles. The zero-order valence-electron chi connectivity index (χ0n) is 11.7. The first-order valence-corrected chi connectivity index (χ1v) is 7.10. The zero-order chi connectivity index (χ0) is 12.8. The minimum Gasteiger partial charge on any atom is -0.366 e. The lowest BCUT2D eigenvalue weighted by molar-refractivity contribution is 0.192. The molecule has 0 aromatic heterocycles. The van der Waals surface area contributed by atoms with Crippen LogP contribution in [0.15, 0.2) is 24.3 Å². The van der Waals surface area contributed by atoms with Gasteiger partial charge in [-0.3, -0.25) is 0 Å². The van der Waals surface area contributed by atoms with Crippen LogP contribution < -0.4 is 10.2 Å². The lowest BCUT2D eigenvalue weighted by Gasteiger charge is -2.48. The molecule has 98 valence electrons. The van der Waals surface area contributed by atoms with E-state index in [1.165, 1.54) is 30.8 Å². The molecule has 2 nitrogen and oxygen atoms in total. The maximum Gasteiger partial charge on any atom is 0.0465 e. The van der Waals surface area contributed by atoms with Crippen molar-refractivity contribution in [1.82, 2.24) is 5.32 Å². The fraction of sp³-hybridized carbons (Fsp3) is 0.625. The Morgan fingerprint density at radius 3 is 2.61 bits per heavy atom. The van der Waals surface area contributed by atoms with Gasteiger partial charge in [0, 0.05) is 24.8 Å². The van der Waals surface area contributed by atoms with Crippen LogP contribution in [-0.4, -0.2) is 25.7 Å². The molecule has 4 rings (SSSR count). The number of rotatable bonds is 1. The molecule has 3 heterocycles. The summed E-state index contributed by atoms with van der Waals surface area (Å²) < 4.78 is 0. The number of nitrogens with zero attached hydrogens (tertiary/aromatic N) is 1. The Kier molecular flexibility index (Phi) is 2.86. The summed E-state index contributed by atoms with van der Waals surface area (Å²) in [5, 5.41) is 3.63. The van der Waals surface area contributed by atoms with Gasteiger partial charge in [-0.15, -0.1) is 0 Å².